The van der Waals surface area contributed by atoms with Gasteiger partial charge in [-0.05, 0) is 102 Å². The van der Waals surface area contributed by atoms with Crippen molar-refractivity contribution in [3.8, 4) is 0 Å². The summed E-state index contributed by atoms with van der Waals surface area (Å²) in [5.74, 6) is 0. The third-order valence-corrected chi connectivity index (χ3v) is 17.9. The largest absolute Gasteiger partial charge is 0.672 e. The number of hydrogen-bond acceptors (Lipinski definition) is 9. The van der Waals surface area contributed by atoms with Gasteiger partial charge in [0, 0.05) is 24.4 Å². The Morgan fingerprint density at radius 3 is 1.02 bits per heavy atom. The van der Waals surface area contributed by atoms with Crippen molar-refractivity contribution in [2.24, 2.45) is 0 Å². The zero-order valence-electron chi connectivity index (χ0n) is 28.9. The molecule has 0 saturated heterocycles. The van der Waals surface area contributed by atoms with E-state index in [9.17, 15) is 0 Å². The maximum absolute atomic E-state index is 7.04. The van der Waals surface area contributed by atoms with E-state index >= 15 is 0 Å². The summed E-state index contributed by atoms with van der Waals surface area (Å²) in [4.78, 5) is 0. The standard InChI is InChI=1S/C29H63NO8Si3/c1-18-24(7)31-40(32-25(8)19-2,35-28(11,12)22-5)37-39(17,30(15)16)38-41(33-26(9)20-3,34-27(10)21-4)36-29(13,14)23-6/h22-27H,5-6,18-21H2,1-4,7-17H3. The van der Waals surface area contributed by atoms with Crippen LogP contribution in [-0.4, -0.2) is 81.1 Å². The fourth-order valence-electron chi connectivity index (χ4n) is 3.00. The lowest BCUT2D eigenvalue weighted by Crippen LogP contribution is -2.71. The van der Waals surface area contributed by atoms with Crippen LogP contribution < -0.4 is 0 Å². The van der Waals surface area contributed by atoms with Crippen LogP contribution in [0.15, 0.2) is 25.3 Å². The topological polar surface area (TPSA) is 77.1 Å². The van der Waals surface area contributed by atoms with Gasteiger partial charge in [0.15, 0.2) is 0 Å². The second-order valence-corrected chi connectivity index (χ2v) is 19.8. The Kier molecular flexibility index (Phi) is 17.2. The normalized spacial score (nSPS) is 20.4. The molecule has 9 nitrogen and oxygen atoms in total. The summed E-state index contributed by atoms with van der Waals surface area (Å²) in [5, 5.41) is 0. The maximum Gasteiger partial charge on any atom is 0.672 e. The van der Waals surface area contributed by atoms with Gasteiger partial charge in [0.1, 0.15) is 0 Å². The zero-order valence-corrected chi connectivity index (χ0v) is 31.9. The van der Waals surface area contributed by atoms with E-state index in [2.05, 4.69) is 13.2 Å². The first-order chi connectivity index (χ1) is 18.7. The van der Waals surface area contributed by atoms with Crippen molar-refractivity contribution in [2.45, 2.75) is 151 Å². The highest BCUT2D eigenvalue weighted by molar-refractivity contribution is 6.79. The predicted octanol–water partition coefficient (Wildman–Crippen LogP) is 7.24. The Morgan fingerprint density at radius 2 is 0.854 bits per heavy atom. The fraction of sp³-hybridized carbons (Fsp3) is 0.862. The SMILES string of the molecule is C=CC(C)(C)O[Si](OC(C)CC)(OC(C)CC)O[Si](C)(O[Si](OC(C)CC)(OC(C)CC)OC(C)(C)C=C)N(C)C. The molecule has 0 aliphatic carbocycles. The highest BCUT2D eigenvalue weighted by atomic mass is 28.5. The van der Waals surface area contributed by atoms with E-state index in [0.29, 0.717) is 0 Å². The van der Waals surface area contributed by atoms with Gasteiger partial charge in [0.05, 0.1) is 11.2 Å². The van der Waals surface area contributed by atoms with Crippen molar-refractivity contribution in [3.63, 3.8) is 0 Å². The summed E-state index contributed by atoms with van der Waals surface area (Å²) in [6.07, 6.45) is 5.62. The van der Waals surface area contributed by atoms with Crippen LogP contribution in [0.2, 0.25) is 6.55 Å². The molecular weight excluding hydrogens is 575 g/mol. The Morgan fingerprint density at radius 1 is 0.610 bits per heavy atom. The third-order valence-electron chi connectivity index (χ3n) is 6.88. The molecule has 12 heteroatoms. The number of rotatable bonds is 23. The van der Waals surface area contributed by atoms with E-state index in [0.717, 1.165) is 25.7 Å². The average Bonchev–Trinajstić information content (AvgIpc) is 2.87. The van der Waals surface area contributed by atoms with Crippen molar-refractivity contribution in [1.29, 1.82) is 0 Å². The fourth-order valence-corrected chi connectivity index (χ4v) is 14.2. The molecule has 0 bridgehead atoms. The van der Waals surface area contributed by atoms with Gasteiger partial charge in [0.2, 0.25) is 0 Å². The minimum Gasteiger partial charge on any atom is -0.358 e. The first-order valence-electron chi connectivity index (χ1n) is 15.2. The van der Waals surface area contributed by atoms with Gasteiger partial charge >= 0.3 is 26.8 Å². The molecule has 244 valence electrons. The summed E-state index contributed by atoms with van der Waals surface area (Å²) in [6, 6.07) is 0. The molecule has 0 aliphatic rings. The van der Waals surface area contributed by atoms with Crippen molar-refractivity contribution in [1.82, 2.24) is 4.57 Å². The Labute approximate surface area is 256 Å². The van der Waals surface area contributed by atoms with Gasteiger partial charge < -0.3 is 34.8 Å². The molecule has 0 saturated carbocycles. The lowest BCUT2D eigenvalue weighted by Gasteiger charge is -2.46. The molecule has 0 aliphatic heterocycles. The van der Waals surface area contributed by atoms with Crippen LogP contribution in [0.3, 0.4) is 0 Å². The van der Waals surface area contributed by atoms with Crippen LogP contribution >= 0.6 is 0 Å². The summed E-state index contributed by atoms with van der Waals surface area (Å²) in [7, 11) is -7.54. The molecule has 0 N–H and O–H groups in total. The minimum atomic E-state index is -3.92. The molecule has 0 spiro atoms. The summed E-state index contributed by atoms with van der Waals surface area (Å²) < 4.78 is 55.8. The van der Waals surface area contributed by atoms with E-state index in [1.165, 1.54) is 0 Å². The van der Waals surface area contributed by atoms with Gasteiger partial charge in [-0.1, -0.05) is 39.8 Å². The van der Waals surface area contributed by atoms with Crippen LogP contribution in [0.5, 0.6) is 0 Å². The van der Waals surface area contributed by atoms with Gasteiger partial charge in [0.25, 0.3) is 0 Å². The third kappa shape index (κ3) is 14.0. The van der Waals surface area contributed by atoms with Gasteiger partial charge in [-0.3, -0.25) is 4.57 Å². The molecule has 0 aromatic carbocycles. The van der Waals surface area contributed by atoms with Gasteiger partial charge in [-0.25, -0.2) is 0 Å². The van der Waals surface area contributed by atoms with Crippen LogP contribution in [0.25, 0.3) is 0 Å². The Hall–Kier alpha value is -0.229. The first kappa shape index (κ1) is 40.8. The van der Waals surface area contributed by atoms with Crippen molar-refractivity contribution in [3.05, 3.63) is 25.3 Å². The lowest BCUT2D eigenvalue weighted by molar-refractivity contribution is -0.0960. The predicted molar refractivity (Wildman–Crippen MR) is 173 cm³/mol. The highest BCUT2D eigenvalue weighted by Gasteiger charge is 2.64. The molecule has 4 unspecified atom stereocenters. The Bertz CT molecular complexity index is 703. The smallest absolute Gasteiger partial charge is 0.358 e. The summed E-state index contributed by atoms with van der Waals surface area (Å²) in [6.45, 7) is 33.6. The van der Waals surface area contributed by atoms with Crippen LogP contribution in [-0.2, 0) is 34.8 Å². The molecule has 0 fully saturated rings. The molecule has 0 rings (SSSR count). The van der Waals surface area contributed by atoms with Crippen LogP contribution in [0.1, 0.15) is 109 Å². The maximum atomic E-state index is 7.04. The summed E-state index contributed by atoms with van der Waals surface area (Å²) >= 11 is 0. The molecule has 41 heavy (non-hydrogen) atoms. The molecule has 0 aromatic rings. The van der Waals surface area contributed by atoms with E-state index in [-0.39, 0.29) is 24.4 Å². The molecular formula is C29H63NO8Si3. The monoisotopic (exact) mass is 637 g/mol. The zero-order chi connectivity index (χ0) is 32.3. The summed E-state index contributed by atoms with van der Waals surface area (Å²) in [5.41, 5.74) is -1.60. The second-order valence-electron chi connectivity index (χ2n) is 12.2. The molecule has 0 radical (unpaired) electrons. The quantitative estimate of drug-likeness (QED) is 0.0851. The van der Waals surface area contributed by atoms with Crippen molar-refractivity contribution in [2.75, 3.05) is 14.1 Å². The van der Waals surface area contributed by atoms with E-state index in [4.69, 9.17) is 34.8 Å². The van der Waals surface area contributed by atoms with E-state index in [1.807, 2.05) is 108 Å². The van der Waals surface area contributed by atoms with Crippen molar-refractivity contribution < 1.29 is 34.8 Å². The lowest BCUT2D eigenvalue weighted by atomic mass is 10.1. The number of nitrogens with zero attached hydrogens (tertiary/aromatic N) is 1. The average molecular weight is 638 g/mol. The van der Waals surface area contributed by atoms with Gasteiger partial charge in [-0.2, -0.15) is 0 Å². The molecule has 0 amide bonds. The van der Waals surface area contributed by atoms with E-state index in [1.54, 1.807) is 12.2 Å². The second kappa shape index (κ2) is 17.3. The van der Waals surface area contributed by atoms with Crippen LogP contribution in [0.4, 0.5) is 0 Å². The molecule has 0 aromatic heterocycles. The molecule has 0 heterocycles. The van der Waals surface area contributed by atoms with Crippen molar-refractivity contribution >= 4 is 26.8 Å². The molecule has 4 atom stereocenters. The van der Waals surface area contributed by atoms with E-state index < -0.39 is 38.0 Å². The Balaban J connectivity index is 7.27. The minimum absolute atomic E-state index is 0.197. The van der Waals surface area contributed by atoms with Gasteiger partial charge in [-0.15, -0.1) is 13.2 Å². The number of hydrogen-bond donors (Lipinski definition) is 0. The van der Waals surface area contributed by atoms with Crippen LogP contribution in [0, 0.1) is 0 Å². The highest BCUT2D eigenvalue weighted by Crippen LogP contribution is 2.34. The first-order valence-corrected chi connectivity index (χ1v) is 20.7.